The second kappa shape index (κ2) is 6.66. The quantitative estimate of drug-likeness (QED) is 0.847. The number of methoxy groups -OCH3 is 1. The molecule has 138 valence electrons. The monoisotopic (exact) mass is 382 g/mol. The van der Waals surface area contributed by atoms with E-state index in [1.54, 1.807) is 24.3 Å². The Morgan fingerprint density at radius 1 is 1.11 bits per heavy atom. The number of ketones is 2. The van der Waals surface area contributed by atoms with Crippen molar-refractivity contribution < 1.29 is 19.1 Å². The van der Waals surface area contributed by atoms with E-state index in [-0.39, 0.29) is 23.0 Å². The summed E-state index contributed by atoms with van der Waals surface area (Å²) in [5.41, 5.74) is 7.66. The number of fused-ring (bicyclic) bond motifs is 2. The van der Waals surface area contributed by atoms with Crippen molar-refractivity contribution in [3.8, 4) is 0 Å². The Hall–Kier alpha value is -2.93. The highest BCUT2D eigenvalue weighted by atomic mass is 32.1. The standard InChI is InChI=1S/C20H18N2O4S/c1-26-18-15(16(23)10-6-2-3-7-11(10)17(18)24)22-20-14(19(21)25)12-8-4-5-9-13(12)27-20/h2-3,6-7,22H,4-5,8-9H2,1H3,(H2,21,25). The summed E-state index contributed by atoms with van der Waals surface area (Å²) in [4.78, 5) is 38.9. The van der Waals surface area contributed by atoms with Crippen LogP contribution in [-0.2, 0) is 17.6 Å². The number of nitrogens with one attached hydrogen (secondary N) is 1. The largest absolute Gasteiger partial charge is 0.491 e. The highest BCUT2D eigenvalue weighted by Crippen LogP contribution is 2.39. The Balaban J connectivity index is 1.82. The molecular weight excluding hydrogens is 364 g/mol. The topological polar surface area (TPSA) is 98.5 Å². The molecule has 2 aromatic rings. The van der Waals surface area contributed by atoms with Gasteiger partial charge in [0.15, 0.2) is 5.76 Å². The zero-order chi connectivity index (χ0) is 19.1. The van der Waals surface area contributed by atoms with Crippen LogP contribution in [0.3, 0.4) is 0 Å². The van der Waals surface area contributed by atoms with Gasteiger partial charge in [0.25, 0.3) is 5.91 Å². The van der Waals surface area contributed by atoms with Crippen molar-refractivity contribution in [2.45, 2.75) is 25.7 Å². The van der Waals surface area contributed by atoms with E-state index in [4.69, 9.17) is 10.5 Å². The normalized spacial score (nSPS) is 16.0. The minimum absolute atomic E-state index is 0.0438. The molecule has 3 N–H and O–H groups in total. The predicted octanol–water partition coefficient (Wildman–Crippen LogP) is 3.07. The number of anilines is 1. The molecule has 0 unspecified atom stereocenters. The van der Waals surface area contributed by atoms with Crippen molar-refractivity contribution in [1.82, 2.24) is 0 Å². The molecule has 2 aliphatic carbocycles. The van der Waals surface area contributed by atoms with Gasteiger partial charge in [-0.15, -0.1) is 11.3 Å². The van der Waals surface area contributed by atoms with Crippen molar-refractivity contribution in [3.05, 3.63) is 62.9 Å². The zero-order valence-electron chi connectivity index (χ0n) is 14.8. The van der Waals surface area contributed by atoms with Crippen molar-refractivity contribution in [2.24, 2.45) is 5.73 Å². The Bertz CT molecular complexity index is 1020. The molecule has 0 aliphatic heterocycles. The fourth-order valence-corrected chi connectivity index (χ4v) is 4.99. The van der Waals surface area contributed by atoms with E-state index in [0.29, 0.717) is 21.7 Å². The Morgan fingerprint density at radius 3 is 2.44 bits per heavy atom. The van der Waals surface area contributed by atoms with Crippen molar-refractivity contribution in [2.75, 3.05) is 12.4 Å². The summed E-state index contributed by atoms with van der Waals surface area (Å²) in [6.07, 6.45) is 3.73. The molecule has 2 aliphatic rings. The molecule has 4 rings (SSSR count). The minimum Gasteiger partial charge on any atom is -0.491 e. The van der Waals surface area contributed by atoms with Gasteiger partial charge in [-0.05, 0) is 31.2 Å². The lowest BCUT2D eigenvalue weighted by atomic mass is 9.91. The fraction of sp³-hybridized carbons (Fsp3) is 0.250. The molecule has 6 nitrogen and oxygen atoms in total. The molecule has 0 radical (unpaired) electrons. The van der Waals surface area contributed by atoms with E-state index in [9.17, 15) is 14.4 Å². The van der Waals surface area contributed by atoms with E-state index in [2.05, 4.69) is 5.32 Å². The molecule has 0 bridgehead atoms. The zero-order valence-corrected chi connectivity index (χ0v) is 15.6. The summed E-state index contributed by atoms with van der Waals surface area (Å²) in [5, 5.41) is 3.51. The fourth-order valence-electron chi connectivity index (χ4n) is 3.69. The molecule has 7 heteroatoms. The summed E-state index contributed by atoms with van der Waals surface area (Å²) in [6.45, 7) is 0. The average molecular weight is 382 g/mol. The number of amides is 1. The van der Waals surface area contributed by atoms with E-state index >= 15 is 0 Å². The Kier molecular flexibility index (Phi) is 4.31. The summed E-state index contributed by atoms with van der Waals surface area (Å²) >= 11 is 1.42. The van der Waals surface area contributed by atoms with Crippen LogP contribution in [0.25, 0.3) is 0 Å². The van der Waals surface area contributed by atoms with Gasteiger partial charge < -0.3 is 15.8 Å². The van der Waals surface area contributed by atoms with Crippen LogP contribution in [0.5, 0.6) is 0 Å². The third-order valence-corrected chi connectivity index (χ3v) is 6.14. The maximum Gasteiger partial charge on any atom is 0.251 e. The summed E-state index contributed by atoms with van der Waals surface area (Å²) < 4.78 is 5.25. The first-order valence-corrected chi connectivity index (χ1v) is 9.52. The molecule has 0 saturated heterocycles. The third kappa shape index (κ3) is 2.75. The van der Waals surface area contributed by atoms with Crippen molar-refractivity contribution in [1.29, 1.82) is 0 Å². The number of benzene rings is 1. The molecule has 0 spiro atoms. The number of hydrogen-bond donors (Lipinski definition) is 2. The summed E-state index contributed by atoms with van der Waals surface area (Å²) in [5.74, 6) is -1.30. The van der Waals surface area contributed by atoms with Crippen LogP contribution in [0.1, 0.15) is 54.4 Å². The molecule has 1 heterocycles. The number of ether oxygens (including phenoxy) is 1. The van der Waals surface area contributed by atoms with Gasteiger partial charge in [0.2, 0.25) is 11.6 Å². The van der Waals surface area contributed by atoms with Gasteiger partial charge in [-0.3, -0.25) is 14.4 Å². The van der Waals surface area contributed by atoms with Crippen LogP contribution in [0.4, 0.5) is 5.00 Å². The van der Waals surface area contributed by atoms with E-state index < -0.39 is 5.91 Å². The summed E-state index contributed by atoms with van der Waals surface area (Å²) in [6, 6.07) is 6.62. The number of hydrogen-bond acceptors (Lipinski definition) is 6. The first-order chi connectivity index (χ1) is 13.0. The number of carbonyl (C=O) groups is 3. The van der Waals surface area contributed by atoms with Crippen LogP contribution in [-0.4, -0.2) is 24.6 Å². The van der Waals surface area contributed by atoms with Crippen LogP contribution in [0.2, 0.25) is 0 Å². The maximum atomic E-state index is 13.0. The molecule has 0 atom stereocenters. The highest BCUT2D eigenvalue weighted by molar-refractivity contribution is 7.16. The molecule has 1 aromatic carbocycles. The van der Waals surface area contributed by atoms with Crippen LogP contribution in [0, 0.1) is 0 Å². The predicted molar refractivity (Wildman–Crippen MR) is 102 cm³/mol. The van der Waals surface area contributed by atoms with Gasteiger partial charge in [-0.2, -0.15) is 0 Å². The minimum atomic E-state index is -0.536. The molecule has 0 saturated carbocycles. The van der Waals surface area contributed by atoms with Gasteiger partial charge in [0.05, 0.1) is 12.7 Å². The molecule has 1 aromatic heterocycles. The number of Topliss-reactive ketones (excluding diaryl/α,β-unsaturated/α-hetero) is 2. The molecule has 27 heavy (non-hydrogen) atoms. The second-order valence-corrected chi connectivity index (χ2v) is 7.62. The number of thiophene rings is 1. The number of allylic oxidation sites excluding steroid dienone is 2. The SMILES string of the molecule is COC1=C(Nc2sc3c(c2C(N)=O)CCCC3)C(=O)c2ccccc2C1=O. The smallest absolute Gasteiger partial charge is 0.251 e. The number of rotatable bonds is 4. The van der Waals surface area contributed by atoms with Crippen LogP contribution in [0.15, 0.2) is 35.7 Å². The number of primary amides is 1. The maximum absolute atomic E-state index is 13.0. The summed E-state index contributed by atoms with van der Waals surface area (Å²) in [7, 11) is 1.35. The van der Waals surface area contributed by atoms with E-state index in [0.717, 1.165) is 36.1 Å². The van der Waals surface area contributed by atoms with Crippen LogP contribution < -0.4 is 11.1 Å². The van der Waals surface area contributed by atoms with Crippen molar-refractivity contribution >= 4 is 33.8 Å². The Morgan fingerprint density at radius 2 is 1.78 bits per heavy atom. The lowest BCUT2D eigenvalue weighted by molar-refractivity contribution is 0.0907. The van der Waals surface area contributed by atoms with Gasteiger partial charge in [0.1, 0.15) is 10.7 Å². The first kappa shape index (κ1) is 17.5. The van der Waals surface area contributed by atoms with E-state index in [1.807, 2.05) is 0 Å². The van der Waals surface area contributed by atoms with Crippen LogP contribution >= 0.6 is 11.3 Å². The lowest BCUT2D eigenvalue weighted by Gasteiger charge is -2.20. The Labute approximate surface area is 160 Å². The van der Waals surface area contributed by atoms with Gasteiger partial charge in [-0.1, -0.05) is 24.3 Å². The lowest BCUT2D eigenvalue weighted by Crippen LogP contribution is -2.27. The number of aryl methyl sites for hydroxylation is 1. The molecule has 0 fully saturated rings. The van der Waals surface area contributed by atoms with E-state index in [1.165, 1.54) is 18.4 Å². The van der Waals surface area contributed by atoms with Gasteiger partial charge in [-0.25, -0.2) is 0 Å². The second-order valence-electron chi connectivity index (χ2n) is 6.52. The van der Waals surface area contributed by atoms with Gasteiger partial charge >= 0.3 is 0 Å². The van der Waals surface area contributed by atoms with Gasteiger partial charge in [0, 0.05) is 16.0 Å². The number of carbonyl (C=O) groups excluding carboxylic acids is 3. The average Bonchev–Trinajstić information content (AvgIpc) is 3.04. The molecular formula is C20H18N2O4S. The first-order valence-electron chi connectivity index (χ1n) is 8.71. The molecule has 1 amide bonds. The van der Waals surface area contributed by atoms with Crippen molar-refractivity contribution in [3.63, 3.8) is 0 Å². The highest BCUT2D eigenvalue weighted by Gasteiger charge is 2.35. The number of nitrogens with two attached hydrogens (primary N) is 1. The third-order valence-electron chi connectivity index (χ3n) is 4.94.